The van der Waals surface area contributed by atoms with Crippen molar-refractivity contribution in [3.63, 3.8) is 0 Å². The highest BCUT2D eigenvalue weighted by atomic mass is 16.5. The fourth-order valence-corrected chi connectivity index (χ4v) is 4.41. The molecule has 5 rings (SSSR count). The van der Waals surface area contributed by atoms with Gasteiger partial charge in [-0.2, -0.15) is 0 Å². The van der Waals surface area contributed by atoms with Gasteiger partial charge >= 0.3 is 0 Å². The van der Waals surface area contributed by atoms with Crippen molar-refractivity contribution in [2.75, 3.05) is 67.7 Å². The topological polar surface area (TPSA) is 88.9 Å². The number of anilines is 3. The number of amides is 1. The summed E-state index contributed by atoms with van der Waals surface area (Å²) >= 11 is 0. The molecular formula is C25H29N5O4. The molecule has 2 aliphatic rings. The molecule has 0 aliphatic carbocycles. The molecule has 9 nitrogen and oxygen atoms in total. The van der Waals surface area contributed by atoms with Crippen LogP contribution in [0.4, 0.5) is 17.1 Å². The van der Waals surface area contributed by atoms with Crippen LogP contribution in [0.1, 0.15) is 6.42 Å². The van der Waals surface area contributed by atoms with Crippen molar-refractivity contribution in [1.29, 1.82) is 0 Å². The van der Waals surface area contributed by atoms with Gasteiger partial charge in [-0.25, -0.2) is 4.98 Å². The van der Waals surface area contributed by atoms with Gasteiger partial charge in [-0.3, -0.25) is 14.2 Å². The predicted molar refractivity (Wildman–Crippen MR) is 132 cm³/mol. The maximum absolute atomic E-state index is 12.9. The summed E-state index contributed by atoms with van der Waals surface area (Å²) in [6.45, 7) is 6.26. The highest BCUT2D eigenvalue weighted by molar-refractivity contribution is 5.95. The number of nitrogens with one attached hydrogen (secondary N) is 1. The van der Waals surface area contributed by atoms with Crippen LogP contribution in [0.15, 0.2) is 53.6 Å². The van der Waals surface area contributed by atoms with Crippen LogP contribution in [0.3, 0.4) is 0 Å². The van der Waals surface area contributed by atoms with Crippen molar-refractivity contribution in [2.24, 2.45) is 0 Å². The number of hydrogen-bond donors (Lipinski definition) is 1. The Balaban J connectivity index is 1.32. The molecule has 0 saturated carbocycles. The number of aryl methyl sites for hydroxylation is 1. The third kappa shape index (κ3) is 4.90. The minimum atomic E-state index is -0.145. The summed E-state index contributed by atoms with van der Waals surface area (Å²) in [6, 6.07) is 13.4. The number of aromatic nitrogens is 2. The lowest BCUT2D eigenvalue weighted by Crippen LogP contribution is -2.38. The minimum absolute atomic E-state index is 0.137. The summed E-state index contributed by atoms with van der Waals surface area (Å²) < 4.78 is 12.5. The van der Waals surface area contributed by atoms with E-state index < -0.39 is 0 Å². The second kappa shape index (κ2) is 10.2. The summed E-state index contributed by atoms with van der Waals surface area (Å²) in [7, 11) is 0. The summed E-state index contributed by atoms with van der Waals surface area (Å²) in [6.07, 6.45) is 1.68. The number of carbonyl (C=O) groups excluding carboxylic acids is 1. The summed E-state index contributed by atoms with van der Waals surface area (Å²) in [4.78, 5) is 34.5. The fourth-order valence-electron chi connectivity index (χ4n) is 4.41. The molecule has 0 bridgehead atoms. The van der Waals surface area contributed by atoms with Crippen LogP contribution in [0.5, 0.6) is 0 Å². The maximum atomic E-state index is 12.9. The number of benzene rings is 2. The highest BCUT2D eigenvalue weighted by Gasteiger charge is 2.19. The van der Waals surface area contributed by atoms with E-state index in [0.29, 0.717) is 37.3 Å². The molecule has 0 spiro atoms. The molecule has 1 aromatic heterocycles. The quantitative estimate of drug-likeness (QED) is 0.599. The zero-order valence-electron chi connectivity index (χ0n) is 19.1. The lowest BCUT2D eigenvalue weighted by Gasteiger charge is -2.33. The molecule has 9 heteroatoms. The number of morpholine rings is 2. The van der Waals surface area contributed by atoms with Gasteiger partial charge in [-0.05, 0) is 30.3 Å². The Morgan fingerprint density at radius 2 is 1.65 bits per heavy atom. The van der Waals surface area contributed by atoms with Crippen molar-refractivity contribution in [1.82, 2.24) is 9.55 Å². The van der Waals surface area contributed by atoms with Crippen LogP contribution < -0.4 is 20.7 Å². The first-order valence-electron chi connectivity index (χ1n) is 11.7. The summed E-state index contributed by atoms with van der Waals surface area (Å²) in [5, 5.41) is 3.62. The number of nitrogens with zero attached hydrogens (tertiary/aromatic N) is 4. The SMILES string of the molecule is O=C(CCn1cnc2ccccc2c1=O)Nc1ccc(N2CCOCC2)cc1N1CCOCC1. The molecule has 1 amide bonds. The number of para-hydroxylation sites is 1. The molecule has 1 N–H and O–H groups in total. The molecule has 2 saturated heterocycles. The second-order valence-corrected chi connectivity index (χ2v) is 8.46. The Morgan fingerprint density at radius 3 is 2.41 bits per heavy atom. The molecule has 0 atom stereocenters. The van der Waals surface area contributed by atoms with Crippen molar-refractivity contribution in [3.05, 3.63) is 59.1 Å². The molecule has 3 heterocycles. The first kappa shape index (κ1) is 22.4. The molecule has 0 unspecified atom stereocenters. The zero-order chi connectivity index (χ0) is 23.3. The normalized spacial score (nSPS) is 16.6. The number of carbonyl (C=O) groups is 1. The van der Waals surface area contributed by atoms with Crippen molar-refractivity contribution < 1.29 is 14.3 Å². The van der Waals surface area contributed by atoms with E-state index in [0.717, 1.165) is 43.2 Å². The molecule has 0 radical (unpaired) electrons. The third-order valence-electron chi connectivity index (χ3n) is 6.29. The van der Waals surface area contributed by atoms with E-state index in [-0.39, 0.29) is 24.4 Å². The van der Waals surface area contributed by atoms with Gasteiger partial charge in [0, 0.05) is 44.8 Å². The van der Waals surface area contributed by atoms with E-state index in [1.54, 1.807) is 6.07 Å². The van der Waals surface area contributed by atoms with Crippen LogP contribution in [0.25, 0.3) is 10.9 Å². The Bertz CT molecular complexity index is 1220. The van der Waals surface area contributed by atoms with Crippen LogP contribution in [-0.2, 0) is 20.8 Å². The van der Waals surface area contributed by atoms with Crippen LogP contribution in [0.2, 0.25) is 0 Å². The minimum Gasteiger partial charge on any atom is -0.378 e. The number of hydrogen-bond acceptors (Lipinski definition) is 7. The van der Waals surface area contributed by atoms with Gasteiger partial charge in [0.05, 0.1) is 55.0 Å². The fraction of sp³-hybridized carbons (Fsp3) is 0.400. The Morgan fingerprint density at radius 1 is 0.941 bits per heavy atom. The average Bonchev–Trinajstić information content (AvgIpc) is 2.90. The van der Waals surface area contributed by atoms with Crippen LogP contribution >= 0.6 is 0 Å². The number of fused-ring (bicyclic) bond motifs is 1. The predicted octanol–water partition coefficient (Wildman–Crippen LogP) is 2.10. The first-order chi connectivity index (χ1) is 16.7. The number of rotatable bonds is 6. The first-order valence-corrected chi connectivity index (χ1v) is 11.7. The van der Waals surface area contributed by atoms with Crippen LogP contribution in [-0.4, -0.2) is 68.1 Å². The van der Waals surface area contributed by atoms with Gasteiger partial charge < -0.3 is 24.6 Å². The van der Waals surface area contributed by atoms with E-state index in [1.165, 1.54) is 10.9 Å². The van der Waals surface area contributed by atoms with E-state index >= 15 is 0 Å². The van der Waals surface area contributed by atoms with Gasteiger partial charge in [-0.15, -0.1) is 0 Å². The van der Waals surface area contributed by atoms with Gasteiger partial charge in [-0.1, -0.05) is 12.1 Å². The molecule has 178 valence electrons. The standard InChI is InChI=1S/C25H29N5O4/c31-24(7-8-30-18-26-21-4-2-1-3-20(21)25(30)32)27-22-6-5-19(28-9-13-33-14-10-28)17-23(22)29-11-15-34-16-12-29/h1-6,17-18H,7-16H2,(H,27,31). The molecule has 2 fully saturated rings. The highest BCUT2D eigenvalue weighted by Crippen LogP contribution is 2.32. The van der Waals surface area contributed by atoms with Crippen molar-refractivity contribution >= 4 is 33.9 Å². The molecule has 2 aliphatic heterocycles. The summed E-state index contributed by atoms with van der Waals surface area (Å²) in [5.74, 6) is -0.145. The van der Waals surface area contributed by atoms with Gasteiger partial charge in [0.25, 0.3) is 5.56 Å². The number of ether oxygens (including phenoxy) is 2. The average molecular weight is 464 g/mol. The lowest BCUT2D eigenvalue weighted by molar-refractivity contribution is -0.116. The van der Waals surface area contributed by atoms with E-state index in [9.17, 15) is 9.59 Å². The monoisotopic (exact) mass is 463 g/mol. The van der Waals surface area contributed by atoms with Crippen molar-refractivity contribution in [3.8, 4) is 0 Å². The van der Waals surface area contributed by atoms with Gasteiger partial charge in [0.1, 0.15) is 0 Å². The van der Waals surface area contributed by atoms with Gasteiger partial charge in [0.15, 0.2) is 0 Å². The second-order valence-electron chi connectivity index (χ2n) is 8.46. The Kier molecular flexibility index (Phi) is 6.73. The van der Waals surface area contributed by atoms with Crippen LogP contribution in [0, 0.1) is 0 Å². The van der Waals surface area contributed by atoms with E-state index in [2.05, 4.69) is 26.2 Å². The van der Waals surface area contributed by atoms with Gasteiger partial charge in [0.2, 0.25) is 5.91 Å². The van der Waals surface area contributed by atoms with E-state index in [4.69, 9.17) is 9.47 Å². The lowest BCUT2D eigenvalue weighted by atomic mass is 10.1. The molecule has 3 aromatic rings. The largest absolute Gasteiger partial charge is 0.378 e. The Hall–Kier alpha value is -3.43. The third-order valence-corrected chi connectivity index (χ3v) is 6.29. The summed E-state index contributed by atoms with van der Waals surface area (Å²) in [5.41, 5.74) is 3.40. The Labute approximate surface area is 197 Å². The maximum Gasteiger partial charge on any atom is 0.261 e. The van der Waals surface area contributed by atoms with E-state index in [1.807, 2.05) is 30.3 Å². The zero-order valence-corrected chi connectivity index (χ0v) is 19.1. The molecule has 34 heavy (non-hydrogen) atoms. The van der Waals surface area contributed by atoms with Crippen molar-refractivity contribution in [2.45, 2.75) is 13.0 Å². The molecular weight excluding hydrogens is 434 g/mol. The molecule has 2 aromatic carbocycles. The smallest absolute Gasteiger partial charge is 0.261 e.